The maximum absolute atomic E-state index is 13.7. The van der Waals surface area contributed by atoms with E-state index in [0.717, 1.165) is 0 Å². The summed E-state index contributed by atoms with van der Waals surface area (Å²) in [6, 6.07) is 6.22. The van der Waals surface area contributed by atoms with Crippen LogP contribution in [0.25, 0.3) is 11.5 Å². The maximum Gasteiger partial charge on any atom is 0.229 e. The van der Waals surface area contributed by atoms with Gasteiger partial charge in [-0.3, -0.25) is 0 Å². The molecule has 1 N–H and O–H groups in total. The summed E-state index contributed by atoms with van der Waals surface area (Å²) in [5.41, 5.74) is 0.910. The number of benzene rings is 1. The minimum Gasteiger partial charge on any atom is -0.441 e. The molecule has 0 atom stereocenters. The van der Waals surface area contributed by atoms with Crippen LogP contribution in [0, 0.1) is 12.7 Å². The van der Waals surface area contributed by atoms with Gasteiger partial charge < -0.3 is 4.42 Å². The topological polar surface area (TPSA) is 72.2 Å². The molecular formula is C14H17FN2O3S. The Morgan fingerprint density at radius 1 is 1.33 bits per heavy atom. The molecule has 0 aliphatic heterocycles. The number of aromatic nitrogens is 1. The molecule has 0 unspecified atom stereocenters. The molecular weight excluding hydrogens is 295 g/mol. The van der Waals surface area contributed by atoms with E-state index in [2.05, 4.69) is 9.71 Å². The van der Waals surface area contributed by atoms with Gasteiger partial charge in [-0.2, -0.15) is 0 Å². The number of hydrogen-bond donors (Lipinski definition) is 1. The van der Waals surface area contributed by atoms with Crippen LogP contribution in [0.3, 0.4) is 0 Å². The van der Waals surface area contributed by atoms with Gasteiger partial charge in [0, 0.05) is 13.0 Å². The fraction of sp³-hybridized carbons (Fsp3) is 0.357. The van der Waals surface area contributed by atoms with Gasteiger partial charge in [-0.15, -0.1) is 0 Å². The van der Waals surface area contributed by atoms with Crippen LogP contribution in [0.5, 0.6) is 0 Å². The van der Waals surface area contributed by atoms with Crippen molar-refractivity contribution < 1.29 is 17.2 Å². The van der Waals surface area contributed by atoms with Crippen molar-refractivity contribution in [3.8, 4) is 11.5 Å². The molecule has 0 fully saturated rings. The van der Waals surface area contributed by atoms with Crippen LogP contribution in [0.2, 0.25) is 0 Å². The van der Waals surface area contributed by atoms with Gasteiger partial charge in [0.1, 0.15) is 11.6 Å². The van der Waals surface area contributed by atoms with Gasteiger partial charge >= 0.3 is 0 Å². The summed E-state index contributed by atoms with van der Waals surface area (Å²) in [4.78, 5) is 4.24. The molecule has 2 rings (SSSR count). The van der Waals surface area contributed by atoms with Gasteiger partial charge in [0.25, 0.3) is 0 Å². The van der Waals surface area contributed by atoms with Crippen molar-refractivity contribution in [3.05, 3.63) is 41.5 Å². The third-order valence-corrected chi connectivity index (χ3v) is 4.46. The highest BCUT2D eigenvalue weighted by atomic mass is 32.2. The molecule has 0 amide bonds. The molecule has 114 valence electrons. The average Bonchev–Trinajstić information content (AvgIpc) is 2.80. The molecule has 1 aromatic carbocycles. The first-order valence-corrected chi connectivity index (χ1v) is 8.26. The third kappa shape index (κ3) is 3.89. The summed E-state index contributed by atoms with van der Waals surface area (Å²) in [6.07, 6.45) is 0.392. The lowest BCUT2D eigenvalue weighted by Gasteiger charge is -2.02. The van der Waals surface area contributed by atoms with Crippen molar-refractivity contribution in [1.82, 2.24) is 9.71 Å². The number of rotatable bonds is 6. The number of halogens is 1. The Hall–Kier alpha value is -1.73. The van der Waals surface area contributed by atoms with Crippen LogP contribution in [0.15, 0.2) is 28.7 Å². The van der Waals surface area contributed by atoms with Crippen molar-refractivity contribution in [1.29, 1.82) is 0 Å². The van der Waals surface area contributed by atoms with Crippen LogP contribution in [0.1, 0.15) is 18.4 Å². The fourth-order valence-corrected chi connectivity index (χ4v) is 2.45. The maximum atomic E-state index is 13.7. The van der Waals surface area contributed by atoms with Gasteiger partial charge in [0.05, 0.1) is 17.0 Å². The summed E-state index contributed by atoms with van der Waals surface area (Å²) >= 11 is 0. The molecule has 0 spiro atoms. The predicted octanol–water partition coefficient (Wildman–Crippen LogP) is 2.27. The summed E-state index contributed by atoms with van der Waals surface area (Å²) in [6.45, 7) is 3.53. The second-order valence-electron chi connectivity index (χ2n) is 4.55. The van der Waals surface area contributed by atoms with E-state index >= 15 is 0 Å². The molecule has 0 aliphatic rings. The number of hydrogen-bond acceptors (Lipinski definition) is 4. The van der Waals surface area contributed by atoms with E-state index in [1.807, 2.05) is 0 Å². The molecule has 1 aromatic heterocycles. The van der Waals surface area contributed by atoms with Crippen LogP contribution in [-0.4, -0.2) is 25.7 Å². The molecule has 0 aliphatic carbocycles. The summed E-state index contributed by atoms with van der Waals surface area (Å²) < 4.78 is 44.3. The van der Waals surface area contributed by atoms with Crippen LogP contribution in [-0.2, 0) is 16.4 Å². The van der Waals surface area contributed by atoms with E-state index in [4.69, 9.17) is 4.42 Å². The molecule has 1 heterocycles. The van der Waals surface area contributed by atoms with Gasteiger partial charge in [0.2, 0.25) is 15.9 Å². The summed E-state index contributed by atoms with van der Waals surface area (Å²) in [7, 11) is -3.22. The number of oxazole rings is 1. The van der Waals surface area contributed by atoms with E-state index in [1.54, 1.807) is 32.0 Å². The van der Waals surface area contributed by atoms with E-state index in [-0.39, 0.29) is 18.2 Å². The van der Waals surface area contributed by atoms with Crippen molar-refractivity contribution in [2.45, 2.75) is 20.3 Å². The molecule has 0 radical (unpaired) electrons. The smallest absolute Gasteiger partial charge is 0.229 e. The lowest BCUT2D eigenvalue weighted by molar-refractivity contribution is 0.531. The van der Waals surface area contributed by atoms with Gasteiger partial charge in [0.15, 0.2) is 0 Å². The first-order valence-electron chi connectivity index (χ1n) is 6.61. The van der Waals surface area contributed by atoms with Crippen LogP contribution < -0.4 is 4.72 Å². The largest absolute Gasteiger partial charge is 0.441 e. The lowest BCUT2D eigenvalue weighted by Crippen LogP contribution is -2.27. The van der Waals surface area contributed by atoms with Crippen molar-refractivity contribution in [3.63, 3.8) is 0 Å². The Kier molecular flexibility index (Phi) is 4.74. The number of nitrogens with one attached hydrogen (secondary N) is 1. The zero-order chi connectivity index (χ0) is 15.5. The minimum atomic E-state index is -3.22. The third-order valence-electron chi connectivity index (χ3n) is 3.06. The van der Waals surface area contributed by atoms with Crippen LogP contribution in [0.4, 0.5) is 4.39 Å². The molecule has 21 heavy (non-hydrogen) atoms. The lowest BCUT2D eigenvalue weighted by atomic mass is 10.2. The fourth-order valence-electron chi connectivity index (χ4n) is 1.84. The Morgan fingerprint density at radius 3 is 2.71 bits per heavy atom. The highest BCUT2D eigenvalue weighted by Crippen LogP contribution is 2.24. The van der Waals surface area contributed by atoms with E-state index in [1.165, 1.54) is 6.07 Å². The Bertz CT molecular complexity index is 726. The van der Waals surface area contributed by atoms with Gasteiger partial charge in [-0.25, -0.2) is 22.5 Å². The minimum absolute atomic E-state index is 0.0330. The first kappa shape index (κ1) is 15.7. The molecule has 0 saturated heterocycles. The summed E-state index contributed by atoms with van der Waals surface area (Å²) in [5, 5.41) is 0. The van der Waals surface area contributed by atoms with E-state index in [0.29, 0.717) is 23.4 Å². The standard InChI is InChI=1S/C14H17FN2O3S/c1-3-21(18,19)16-9-8-13-10(2)20-14(17-13)11-6-4-5-7-12(11)15/h4-7,16H,3,8-9H2,1-2H3. The molecule has 5 nitrogen and oxygen atoms in total. The van der Waals surface area contributed by atoms with Crippen molar-refractivity contribution >= 4 is 10.0 Å². The van der Waals surface area contributed by atoms with Crippen LogP contribution >= 0.6 is 0 Å². The average molecular weight is 312 g/mol. The molecule has 2 aromatic rings. The highest BCUT2D eigenvalue weighted by Gasteiger charge is 2.15. The first-order chi connectivity index (χ1) is 9.93. The second kappa shape index (κ2) is 6.36. The van der Waals surface area contributed by atoms with E-state index < -0.39 is 15.8 Å². The molecule has 0 bridgehead atoms. The SMILES string of the molecule is CCS(=O)(=O)NCCc1nc(-c2ccccc2F)oc1C. The number of sulfonamides is 1. The van der Waals surface area contributed by atoms with E-state index in [9.17, 15) is 12.8 Å². The normalized spacial score (nSPS) is 11.8. The number of aryl methyl sites for hydroxylation is 1. The Morgan fingerprint density at radius 2 is 2.05 bits per heavy atom. The second-order valence-corrected chi connectivity index (χ2v) is 6.65. The zero-order valence-corrected chi connectivity index (χ0v) is 12.7. The molecule has 7 heteroatoms. The Balaban J connectivity index is 2.12. The van der Waals surface area contributed by atoms with Gasteiger partial charge in [-0.05, 0) is 26.0 Å². The van der Waals surface area contributed by atoms with Crippen molar-refractivity contribution in [2.75, 3.05) is 12.3 Å². The quantitative estimate of drug-likeness (QED) is 0.888. The van der Waals surface area contributed by atoms with Crippen molar-refractivity contribution in [2.24, 2.45) is 0 Å². The Labute approximate surface area is 123 Å². The van der Waals surface area contributed by atoms with Gasteiger partial charge in [-0.1, -0.05) is 12.1 Å². The summed E-state index contributed by atoms with van der Waals surface area (Å²) in [5.74, 6) is 0.394. The molecule has 0 saturated carbocycles. The monoisotopic (exact) mass is 312 g/mol. The predicted molar refractivity (Wildman–Crippen MR) is 77.8 cm³/mol. The zero-order valence-electron chi connectivity index (χ0n) is 11.9. The number of nitrogens with zero attached hydrogens (tertiary/aromatic N) is 1. The highest BCUT2D eigenvalue weighted by molar-refractivity contribution is 7.89.